The summed E-state index contributed by atoms with van der Waals surface area (Å²) in [5.41, 5.74) is 0. The molecular weight excluding hydrogens is 342 g/mol. The molecule has 0 unspecified atom stereocenters. The minimum Gasteiger partial charge on any atom is -0.480 e. The number of halogens is 1. The van der Waals surface area contributed by atoms with E-state index in [2.05, 4.69) is 45.2 Å². The second-order valence-corrected chi connectivity index (χ2v) is 5.48. The molecule has 0 atom stereocenters. The fraction of sp³-hybridized carbons (Fsp3) is 0.278. The summed E-state index contributed by atoms with van der Waals surface area (Å²) < 4.78 is 5.70. The van der Waals surface area contributed by atoms with Crippen LogP contribution in [0.3, 0.4) is 0 Å². The molecular formula is C18H18BrNO2. The van der Waals surface area contributed by atoms with E-state index in [0.717, 1.165) is 28.3 Å². The SMILES string of the molecule is O=C(CCCBr)NCC#CCOc1cccc2ccccc12. The highest BCUT2D eigenvalue weighted by atomic mass is 79.9. The first-order valence-corrected chi connectivity index (χ1v) is 8.32. The number of amides is 1. The molecule has 1 N–H and O–H groups in total. The first-order chi connectivity index (χ1) is 10.8. The van der Waals surface area contributed by atoms with Gasteiger partial charge in [0.15, 0.2) is 0 Å². The molecule has 2 aromatic carbocycles. The summed E-state index contributed by atoms with van der Waals surface area (Å²) in [6.45, 7) is 0.672. The van der Waals surface area contributed by atoms with E-state index in [1.165, 1.54) is 0 Å². The van der Waals surface area contributed by atoms with E-state index in [4.69, 9.17) is 4.74 Å². The van der Waals surface area contributed by atoms with Crippen LogP contribution in [-0.2, 0) is 4.79 Å². The van der Waals surface area contributed by atoms with Gasteiger partial charge in [-0.15, -0.1) is 0 Å². The van der Waals surface area contributed by atoms with E-state index in [1.54, 1.807) is 0 Å². The van der Waals surface area contributed by atoms with Gasteiger partial charge in [-0.1, -0.05) is 64.2 Å². The number of hydrogen-bond acceptors (Lipinski definition) is 2. The highest BCUT2D eigenvalue weighted by Crippen LogP contribution is 2.24. The Kier molecular flexibility index (Phi) is 6.79. The Bertz CT molecular complexity index is 683. The second kappa shape index (κ2) is 9.11. The molecule has 0 saturated carbocycles. The van der Waals surface area contributed by atoms with Gasteiger partial charge < -0.3 is 10.1 Å². The van der Waals surface area contributed by atoms with E-state index in [9.17, 15) is 4.79 Å². The molecule has 1 amide bonds. The molecule has 0 aliphatic rings. The Balaban J connectivity index is 1.79. The number of rotatable bonds is 6. The minimum atomic E-state index is 0.0312. The zero-order valence-electron chi connectivity index (χ0n) is 12.3. The van der Waals surface area contributed by atoms with Crippen molar-refractivity contribution in [3.05, 3.63) is 42.5 Å². The third kappa shape index (κ3) is 5.09. The molecule has 2 rings (SSSR count). The van der Waals surface area contributed by atoms with Crippen molar-refractivity contribution in [3.63, 3.8) is 0 Å². The fourth-order valence-electron chi connectivity index (χ4n) is 2.01. The van der Waals surface area contributed by atoms with Crippen LogP contribution in [0.2, 0.25) is 0 Å². The standard InChI is InChI=1S/C18H18BrNO2/c19-12-6-11-18(21)20-13-3-4-14-22-17-10-5-8-15-7-1-2-9-16(15)17/h1-2,5,7-10H,6,11-14H2,(H,20,21). The van der Waals surface area contributed by atoms with Crippen molar-refractivity contribution >= 4 is 32.6 Å². The van der Waals surface area contributed by atoms with E-state index < -0.39 is 0 Å². The number of carbonyl (C=O) groups excluding carboxylic acids is 1. The summed E-state index contributed by atoms with van der Waals surface area (Å²) >= 11 is 3.30. The number of ether oxygens (including phenoxy) is 1. The number of hydrogen-bond donors (Lipinski definition) is 1. The fourth-order valence-corrected chi connectivity index (χ4v) is 2.29. The number of nitrogens with one attached hydrogen (secondary N) is 1. The van der Waals surface area contributed by atoms with Crippen molar-refractivity contribution in [1.29, 1.82) is 0 Å². The molecule has 0 saturated heterocycles. The van der Waals surface area contributed by atoms with Gasteiger partial charge in [0.05, 0.1) is 6.54 Å². The Labute approximate surface area is 139 Å². The number of fused-ring (bicyclic) bond motifs is 1. The lowest BCUT2D eigenvalue weighted by Gasteiger charge is -2.06. The Morgan fingerprint density at radius 1 is 1.14 bits per heavy atom. The lowest BCUT2D eigenvalue weighted by atomic mass is 10.1. The maximum atomic E-state index is 11.4. The van der Waals surface area contributed by atoms with Crippen LogP contribution in [0.1, 0.15) is 12.8 Å². The molecule has 3 nitrogen and oxygen atoms in total. The molecule has 22 heavy (non-hydrogen) atoms. The lowest BCUT2D eigenvalue weighted by Crippen LogP contribution is -2.23. The quantitative estimate of drug-likeness (QED) is 0.633. The summed E-state index contributed by atoms with van der Waals surface area (Å²) in [6, 6.07) is 14.0. The molecule has 0 spiro atoms. The molecule has 114 valence electrons. The first-order valence-electron chi connectivity index (χ1n) is 7.20. The van der Waals surface area contributed by atoms with Crippen molar-refractivity contribution in [1.82, 2.24) is 5.32 Å². The van der Waals surface area contributed by atoms with Gasteiger partial charge in [-0.3, -0.25) is 4.79 Å². The highest BCUT2D eigenvalue weighted by Gasteiger charge is 1.99. The Hall–Kier alpha value is -1.99. The average Bonchev–Trinajstić information content (AvgIpc) is 2.56. The lowest BCUT2D eigenvalue weighted by molar-refractivity contribution is -0.120. The van der Waals surface area contributed by atoms with Gasteiger partial charge in [-0.25, -0.2) is 0 Å². The second-order valence-electron chi connectivity index (χ2n) is 4.69. The number of carbonyl (C=O) groups is 1. The van der Waals surface area contributed by atoms with Crippen molar-refractivity contribution < 1.29 is 9.53 Å². The highest BCUT2D eigenvalue weighted by molar-refractivity contribution is 9.09. The van der Waals surface area contributed by atoms with E-state index in [0.29, 0.717) is 19.6 Å². The van der Waals surface area contributed by atoms with Crippen LogP contribution in [0.4, 0.5) is 0 Å². The van der Waals surface area contributed by atoms with E-state index >= 15 is 0 Å². The topological polar surface area (TPSA) is 38.3 Å². The van der Waals surface area contributed by atoms with Crippen LogP contribution >= 0.6 is 15.9 Å². The molecule has 0 aromatic heterocycles. The van der Waals surface area contributed by atoms with Crippen LogP contribution in [0.25, 0.3) is 10.8 Å². The van der Waals surface area contributed by atoms with Gasteiger partial charge in [0.2, 0.25) is 5.91 Å². The molecule has 0 bridgehead atoms. The maximum Gasteiger partial charge on any atom is 0.220 e. The number of alkyl halides is 1. The molecule has 0 fully saturated rings. The van der Waals surface area contributed by atoms with Crippen LogP contribution in [-0.4, -0.2) is 24.4 Å². The summed E-state index contributed by atoms with van der Waals surface area (Å²) in [7, 11) is 0. The summed E-state index contributed by atoms with van der Waals surface area (Å²) in [6.07, 6.45) is 1.36. The molecule has 4 heteroatoms. The van der Waals surface area contributed by atoms with Crippen molar-refractivity contribution in [3.8, 4) is 17.6 Å². The Morgan fingerprint density at radius 2 is 1.95 bits per heavy atom. The van der Waals surface area contributed by atoms with Crippen molar-refractivity contribution in [2.24, 2.45) is 0 Å². The third-order valence-electron chi connectivity index (χ3n) is 3.09. The first kappa shape index (κ1) is 16.4. The Morgan fingerprint density at radius 3 is 2.82 bits per heavy atom. The van der Waals surface area contributed by atoms with E-state index in [-0.39, 0.29) is 5.91 Å². The predicted octanol–water partition coefficient (Wildman–Crippen LogP) is 3.51. The van der Waals surface area contributed by atoms with Gasteiger partial charge >= 0.3 is 0 Å². The molecule has 0 aliphatic heterocycles. The van der Waals surface area contributed by atoms with Crippen LogP contribution in [0.5, 0.6) is 5.75 Å². The van der Waals surface area contributed by atoms with Gasteiger partial charge in [-0.05, 0) is 17.9 Å². The van der Waals surface area contributed by atoms with Crippen LogP contribution in [0.15, 0.2) is 42.5 Å². The van der Waals surface area contributed by atoms with E-state index in [1.807, 2.05) is 30.3 Å². The molecule has 2 aromatic rings. The van der Waals surface area contributed by atoms with Crippen LogP contribution in [0, 0.1) is 11.8 Å². The zero-order valence-corrected chi connectivity index (χ0v) is 13.9. The average molecular weight is 360 g/mol. The van der Waals surface area contributed by atoms with Gasteiger partial charge in [0.1, 0.15) is 12.4 Å². The monoisotopic (exact) mass is 359 g/mol. The smallest absolute Gasteiger partial charge is 0.220 e. The predicted molar refractivity (Wildman–Crippen MR) is 93.3 cm³/mol. The zero-order chi connectivity index (χ0) is 15.6. The normalized spacial score (nSPS) is 9.86. The van der Waals surface area contributed by atoms with Crippen molar-refractivity contribution in [2.45, 2.75) is 12.8 Å². The number of benzene rings is 2. The largest absolute Gasteiger partial charge is 0.480 e. The minimum absolute atomic E-state index is 0.0312. The summed E-state index contributed by atoms with van der Waals surface area (Å²) in [4.78, 5) is 11.4. The molecule has 0 heterocycles. The molecule has 0 aliphatic carbocycles. The maximum absolute atomic E-state index is 11.4. The molecule has 0 radical (unpaired) electrons. The summed E-state index contributed by atoms with van der Waals surface area (Å²) in [5.74, 6) is 6.66. The van der Waals surface area contributed by atoms with Gasteiger partial charge in [0, 0.05) is 17.1 Å². The van der Waals surface area contributed by atoms with Crippen molar-refractivity contribution in [2.75, 3.05) is 18.5 Å². The third-order valence-corrected chi connectivity index (χ3v) is 3.65. The van der Waals surface area contributed by atoms with Crippen LogP contribution < -0.4 is 10.1 Å². The van der Waals surface area contributed by atoms with Gasteiger partial charge in [0.25, 0.3) is 0 Å². The van der Waals surface area contributed by atoms with Gasteiger partial charge in [-0.2, -0.15) is 0 Å². The summed E-state index contributed by atoms with van der Waals surface area (Å²) in [5, 5.41) is 5.82.